The molecule has 0 aromatic carbocycles. The van der Waals surface area contributed by atoms with Gasteiger partial charge in [-0.3, -0.25) is 0 Å². The molecule has 0 bridgehead atoms. The standard InChI is InChI=1S/C24H47BrNO5P/c1-4-7-18-32(25,19-8-5-2,20-9-6-3)21-10-15-26-22(27)11-13-24(14-12-23(28)29)30-16-17-31-24/h4-21H2,1-3H3,(H,26,27)(H,28,29). The van der Waals surface area contributed by atoms with Crippen molar-refractivity contribution >= 4 is 32.7 Å². The average Bonchev–Trinajstić information content (AvgIpc) is 3.25. The van der Waals surface area contributed by atoms with E-state index in [-0.39, 0.29) is 18.7 Å². The van der Waals surface area contributed by atoms with Gasteiger partial charge in [0.25, 0.3) is 0 Å². The Morgan fingerprint density at radius 3 is 1.81 bits per heavy atom. The first-order chi connectivity index (χ1) is 15.2. The number of halogens is 1. The second-order valence-electron chi connectivity index (χ2n) is 9.48. The molecule has 0 unspecified atom stereocenters. The van der Waals surface area contributed by atoms with Crippen LogP contribution < -0.4 is 5.32 Å². The van der Waals surface area contributed by atoms with Crippen LogP contribution in [0.5, 0.6) is 0 Å². The maximum absolute atomic E-state index is 12.5. The van der Waals surface area contributed by atoms with E-state index in [1.807, 2.05) is 0 Å². The van der Waals surface area contributed by atoms with Crippen LogP contribution in [0.3, 0.4) is 0 Å². The molecule has 0 atom stereocenters. The predicted molar refractivity (Wildman–Crippen MR) is 138 cm³/mol. The summed E-state index contributed by atoms with van der Waals surface area (Å²) in [5.41, 5.74) is 0. The van der Waals surface area contributed by atoms with Gasteiger partial charge in [-0.2, -0.15) is 0 Å². The van der Waals surface area contributed by atoms with Gasteiger partial charge >= 0.3 is 204 Å². The molecule has 32 heavy (non-hydrogen) atoms. The van der Waals surface area contributed by atoms with E-state index in [0.29, 0.717) is 32.6 Å². The Balaban J connectivity index is 2.55. The van der Waals surface area contributed by atoms with E-state index < -0.39 is 17.1 Å². The van der Waals surface area contributed by atoms with Crippen molar-refractivity contribution in [2.24, 2.45) is 0 Å². The third-order valence-electron chi connectivity index (χ3n) is 6.69. The van der Waals surface area contributed by atoms with Gasteiger partial charge in [0.15, 0.2) is 0 Å². The molecule has 1 aliphatic rings. The number of carbonyl (C=O) groups excluding carboxylic acids is 1. The average molecular weight is 541 g/mol. The van der Waals surface area contributed by atoms with E-state index in [2.05, 4.69) is 41.6 Å². The van der Waals surface area contributed by atoms with Gasteiger partial charge in [-0.15, -0.1) is 0 Å². The van der Waals surface area contributed by atoms with Crippen molar-refractivity contribution in [3.8, 4) is 0 Å². The molecule has 190 valence electrons. The summed E-state index contributed by atoms with van der Waals surface area (Å²) in [5.74, 6) is -1.81. The summed E-state index contributed by atoms with van der Waals surface area (Å²) in [6, 6.07) is 0. The molecule has 0 aliphatic carbocycles. The molecule has 8 heteroatoms. The van der Waals surface area contributed by atoms with E-state index in [9.17, 15) is 9.59 Å². The zero-order valence-electron chi connectivity index (χ0n) is 20.6. The second-order valence-corrected chi connectivity index (χ2v) is 20.9. The van der Waals surface area contributed by atoms with Crippen LogP contribution in [0, 0.1) is 0 Å². The van der Waals surface area contributed by atoms with Crippen molar-refractivity contribution in [3.05, 3.63) is 0 Å². The third kappa shape index (κ3) is 10.8. The van der Waals surface area contributed by atoms with Crippen molar-refractivity contribution in [1.29, 1.82) is 0 Å². The fourth-order valence-electron chi connectivity index (χ4n) is 4.63. The van der Waals surface area contributed by atoms with Crippen LogP contribution in [0.2, 0.25) is 0 Å². The van der Waals surface area contributed by atoms with Gasteiger partial charge in [0.2, 0.25) is 0 Å². The summed E-state index contributed by atoms with van der Waals surface area (Å²) >= 11 is 4.41. The van der Waals surface area contributed by atoms with Crippen LogP contribution in [0.25, 0.3) is 0 Å². The van der Waals surface area contributed by atoms with Crippen LogP contribution >= 0.6 is 20.8 Å². The Kier molecular flexibility index (Phi) is 13.9. The van der Waals surface area contributed by atoms with Crippen LogP contribution in [-0.4, -0.2) is 67.2 Å². The van der Waals surface area contributed by atoms with Crippen LogP contribution in [0.4, 0.5) is 0 Å². The first kappa shape index (κ1) is 29.8. The fourth-order valence-corrected chi connectivity index (χ4v) is 13.3. The van der Waals surface area contributed by atoms with Gasteiger partial charge in [0, 0.05) is 0 Å². The number of unbranched alkanes of at least 4 members (excludes halogenated alkanes) is 3. The van der Waals surface area contributed by atoms with E-state index in [1.54, 1.807) is 0 Å². The summed E-state index contributed by atoms with van der Waals surface area (Å²) < 4.78 is 11.3. The molecule has 1 aliphatic heterocycles. The predicted octanol–water partition coefficient (Wildman–Crippen LogP) is 6.14. The molecule has 0 saturated carbocycles. The number of carboxylic acid groups (broad SMARTS) is 1. The van der Waals surface area contributed by atoms with Crippen molar-refractivity contribution in [2.75, 3.05) is 44.4 Å². The maximum atomic E-state index is 12.5. The fraction of sp³-hybridized carbons (Fsp3) is 0.917. The summed E-state index contributed by atoms with van der Waals surface area (Å²) in [6.07, 6.45) is 14.6. The van der Waals surface area contributed by atoms with Gasteiger partial charge in [0.05, 0.1) is 0 Å². The number of hydrogen-bond acceptors (Lipinski definition) is 4. The Morgan fingerprint density at radius 1 is 0.875 bits per heavy atom. The summed E-state index contributed by atoms with van der Waals surface area (Å²) in [6.45, 7) is 8.41. The minimum atomic E-state index is -1.93. The van der Waals surface area contributed by atoms with Crippen LogP contribution in [0.15, 0.2) is 0 Å². The zero-order valence-corrected chi connectivity index (χ0v) is 23.1. The number of aliphatic carboxylic acids is 1. The molecule has 1 heterocycles. The SMILES string of the molecule is CCCCP(Br)(CCCC)(CCCC)CCCNC(=O)CCC1(CCC(=O)O)OCCO1. The van der Waals surface area contributed by atoms with Gasteiger partial charge in [0.1, 0.15) is 0 Å². The molecular formula is C24H47BrNO5P. The van der Waals surface area contributed by atoms with Gasteiger partial charge < -0.3 is 0 Å². The molecule has 1 saturated heterocycles. The van der Waals surface area contributed by atoms with Gasteiger partial charge in [-0.1, -0.05) is 0 Å². The van der Waals surface area contributed by atoms with Crippen LogP contribution in [-0.2, 0) is 19.1 Å². The summed E-state index contributed by atoms with van der Waals surface area (Å²) in [7, 11) is 0. The van der Waals surface area contributed by atoms with Crippen molar-refractivity contribution in [2.45, 2.75) is 97.2 Å². The molecule has 0 aromatic heterocycles. The number of carbonyl (C=O) groups is 2. The second kappa shape index (κ2) is 14.9. The van der Waals surface area contributed by atoms with Crippen molar-refractivity contribution < 1.29 is 24.2 Å². The Morgan fingerprint density at radius 2 is 1.34 bits per heavy atom. The molecule has 0 radical (unpaired) electrons. The monoisotopic (exact) mass is 539 g/mol. The first-order valence-electron chi connectivity index (χ1n) is 12.7. The number of hydrogen-bond donors (Lipinski definition) is 2. The first-order valence-corrected chi connectivity index (χ1v) is 17.7. The number of ether oxygens (including phenoxy) is 2. The number of carboxylic acids is 1. The number of nitrogens with one attached hydrogen (secondary N) is 1. The number of amides is 1. The molecule has 0 spiro atoms. The van der Waals surface area contributed by atoms with E-state index in [4.69, 9.17) is 14.6 Å². The quantitative estimate of drug-likeness (QED) is 0.152. The summed E-state index contributed by atoms with van der Waals surface area (Å²) in [4.78, 5) is 23.4. The Bertz CT molecular complexity index is 544. The number of rotatable bonds is 19. The third-order valence-corrected chi connectivity index (χ3v) is 16.7. The molecule has 1 fully saturated rings. The van der Waals surface area contributed by atoms with Crippen molar-refractivity contribution in [3.63, 3.8) is 0 Å². The van der Waals surface area contributed by atoms with E-state index in [1.165, 1.54) is 63.2 Å². The van der Waals surface area contributed by atoms with Gasteiger partial charge in [-0.25, -0.2) is 0 Å². The van der Waals surface area contributed by atoms with Crippen LogP contribution in [0.1, 0.15) is 91.4 Å². The molecule has 6 nitrogen and oxygen atoms in total. The summed E-state index contributed by atoms with van der Waals surface area (Å²) in [5, 5.41) is 10.1. The Labute approximate surface area is 203 Å². The molecule has 1 rings (SSSR count). The molecule has 0 aromatic rings. The Hall–Kier alpha value is -0.230. The molecular weight excluding hydrogens is 493 g/mol. The molecule has 2 N–H and O–H groups in total. The topological polar surface area (TPSA) is 84.9 Å². The normalized spacial score (nSPS) is 17.1. The van der Waals surface area contributed by atoms with E-state index >= 15 is 0 Å². The minimum absolute atomic E-state index is 0.00985. The molecule has 1 amide bonds. The van der Waals surface area contributed by atoms with Gasteiger partial charge in [-0.05, 0) is 0 Å². The zero-order chi connectivity index (χ0) is 24.0. The van der Waals surface area contributed by atoms with E-state index in [0.717, 1.165) is 6.42 Å². The van der Waals surface area contributed by atoms with Crippen molar-refractivity contribution in [1.82, 2.24) is 5.32 Å².